The molecule has 0 radical (unpaired) electrons. The molecule has 4 nitrogen and oxygen atoms in total. The standard InChI is InChI=1S/C14H16N2O2S/c1-9-3-4-13(18-2)12(5-9)16-7-11-6-10(8-19-11)14(15)17/h3-6,8,16H,7H2,1-2H3,(H2,15,17). The molecule has 0 saturated carbocycles. The number of anilines is 1. The van der Waals surface area contributed by atoms with Crippen molar-refractivity contribution in [2.24, 2.45) is 5.73 Å². The number of hydrogen-bond donors (Lipinski definition) is 2. The van der Waals surface area contributed by atoms with Gasteiger partial charge in [0.25, 0.3) is 0 Å². The first-order valence-electron chi connectivity index (χ1n) is 5.86. The van der Waals surface area contributed by atoms with Gasteiger partial charge in [0.15, 0.2) is 0 Å². The Balaban J connectivity index is 2.09. The number of benzene rings is 1. The van der Waals surface area contributed by atoms with E-state index in [2.05, 4.69) is 5.32 Å². The Labute approximate surface area is 116 Å². The Hall–Kier alpha value is -2.01. The van der Waals surface area contributed by atoms with E-state index in [1.165, 1.54) is 11.3 Å². The summed E-state index contributed by atoms with van der Waals surface area (Å²) in [6, 6.07) is 7.77. The van der Waals surface area contributed by atoms with E-state index in [4.69, 9.17) is 10.5 Å². The van der Waals surface area contributed by atoms with E-state index >= 15 is 0 Å². The summed E-state index contributed by atoms with van der Waals surface area (Å²) in [5.41, 5.74) is 7.88. The second-order valence-corrected chi connectivity index (χ2v) is 5.22. The van der Waals surface area contributed by atoms with Crippen LogP contribution in [0.25, 0.3) is 0 Å². The number of carbonyl (C=O) groups is 1. The summed E-state index contributed by atoms with van der Waals surface area (Å²) in [7, 11) is 1.65. The topological polar surface area (TPSA) is 64.3 Å². The van der Waals surface area contributed by atoms with Crippen molar-refractivity contribution >= 4 is 22.9 Å². The number of thiophene rings is 1. The number of ether oxygens (including phenoxy) is 1. The van der Waals surface area contributed by atoms with E-state index in [0.717, 1.165) is 21.9 Å². The average Bonchev–Trinajstić information content (AvgIpc) is 2.85. The fraction of sp³-hybridized carbons (Fsp3) is 0.214. The van der Waals surface area contributed by atoms with Gasteiger partial charge in [0.05, 0.1) is 18.4 Å². The molecule has 1 aromatic carbocycles. The van der Waals surface area contributed by atoms with Crippen LogP contribution in [0.5, 0.6) is 5.75 Å². The predicted octanol–water partition coefficient (Wildman–Crippen LogP) is 2.78. The van der Waals surface area contributed by atoms with Crippen LogP contribution in [-0.2, 0) is 6.54 Å². The van der Waals surface area contributed by atoms with Crippen LogP contribution >= 0.6 is 11.3 Å². The van der Waals surface area contributed by atoms with Crippen molar-refractivity contribution in [1.82, 2.24) is 0 Å². The minimum atomic E-state index is -0.393. The maximum Gasteiger partial charge on any atom is 0.249 e. The van der Waals surface area contributed by atoms with Crippen molar-refractivity contribution in [3.8, 4) is 5.75 Å². The van der Waals surface area contributed by atoms with Crippen LogP contribution in [0.1, 0.15) is 20.8 Å². The molecular weight excluding hydrogens is 260 g/mol. The van der Waals surface area contributed by atoms with E-state index in [9.17, 15) is 4.79 Å². The van der Waals surface area contributed by atoms with E-state index in [0.29, 0.717) is 12.1 Å². The average molecular weight is 276 g/mol. The summed E-state index contributed by atoms with van der Waals surface area (Å²) < 4.78 is 5.30. The second-order valence-electron chi connectivity index (χ2n) is 4.22. The molecule has 0 fully saturated rings. The van der Waals surface area contributed by atoms with Gasteiger partial charge >= 0.3 is 0 Å². The van der Waals surface area contributed by atoms with Crippen molar-refractivity contribution in [1.29, 1.82) is 0 Å². The number of amides is 1. The summed E-state index contributed by atoms with van der Waals surface area (Å²) in [5.74, 6) is 0.410. The van der Waals surface area contributed by atoms with Crippen molar-refractivity contribution in [3.63, 3.8) is 0 Å². The lowest BCUT2D eigenvalue weighted by atomic mass is 10.2. The zero-order chi connectivity index (χ0) is 13.8. The quantitative estimate of drug-likeness (QED) is 0.882. The molecule has 1 amide bonds. The third-order valence-corrected chi connectivity index (χ3v) is 3.68. The van der Waals surface area contributed by atoms with Gasteiger partial charge in [-0.25, -0.2) is 0 Å². The van der Waals surface area contributed by atoms with Crippen LogP contribution < -0.4 is 15.8 Å². The SMILES string of the molecule is COc1ccc(C)cc1NCc1cc(C(N)=O)cs1. The molecule has 0 saturated heterocycles. The number of rotatable bonds is 5. The Morgan fingerprint density at radius 3 is 2.84 bits per heavy atom. The molecule has 0 unspecified atom stereocenters. The summed E-state index contributed by atoms with van der Waals surface area (Å²) in [4.78, 5) is 12.1. The van der Waals surface area contributed by atoms with E-state index < -0.39 is 5.91 Å². The maximum atomic E-state index is 11.0. The molecule has 3 N–H and O–H groups in total. The van der Waals surface area contributed by atoms with Crippen molar-refractivity contribution in [2.45, 2.75) is 13.5 Å². The molecule has 0 spiro atoms. The first-order chi connectivity index (χ1) is 9.10. The van der Waals surface area contributed by atoms with Gasteiger partial charge in [-0.15, -0.1) is 11.3 Å². The number of methoxy groups -OCH3 is 1. The molecule has 5 heteroatoms. The lowest BCUT2D eigenvalue weighted by Crippen LogP contribution is -2.09. The molecule has 0 atom stereocenters. The van der Waals surface area contributed by atoms with Gasteiger partial charge in [0.1, 0.15) is 5.75 Å². The highest BCUT2D eigenvalue weighted by molar-refractivity contribution is 7.10. The van der Waals surface area contributed by atoms with E-state index in [1.54, 1.807) is 12.5 Å². The Morgan fingerprint density at radius 1 is 1.42 bits per heavy atom. The molecule has 0 bridgehead atoms. The highest BCUT2D eigenvalue weighted by atomic mass is 32.1. The number of hydrogen-bond acceptors (Lipinski definition) is 4. The lowest BCUT2D eigenvalue weighted by Gasteiger charge is -2.11. The van der Waals surface area contributed by atoms with Crippen LogP contribution in [0.4, 0.5) is 5.69 Å². The Bertz CT molecular complexity index is 593. The highest BCUT2D eigenvalue weighted by Crippen LogP contribution is 2.26. The smallest absolute Gasteiger partial charge is 0.249 e. The molecule has 0 aliphatic heterocycles. The summed E-state index contributed by atoms with van der Waals surface area (Å²) in [5, 5.41) is 5.08. The number of nitrogens with one attached hydrogen (secondary N) is 1. The number of carbonyl (C=O) groups excluding carboxylic acids is 1. The third kappa shape index (κ3) is 3.26. The molecule has 2 rings (SSSR count). The van der Waals surface area contributed by atoms with E-state index in [1.807, 2.05) is 31.2 Å². The molecule has 0 aliphatic rings. The lowest BCUT2D eigenvalue weighted by molar-refractivity contribution is 0.100. The second kappa shape index (κ2) is 5.75. The minimum absolute atomic E-state index is 0.393. The number of primary amides is 1. The number of aryl methyl sites for hydroxylation is 1. The zero-order valence-corrected chi connectivity index (χ0v) is 11.7. The van der Waals surface area contributed by atoms with E-state index in [-0.39, 0.29) is 0 Å². The summed E-state index contributed by atoms with van der Waals surface area (Å²) >= 11 is 1.51. The van der Waals surface area contributed by atoms with Crippen LogP contribution in [0.15, 0.2) is 29.6 Å². The summed E-state index contributed by atoms with van der Waals surface area (Å²) in [6.07, 6.45) is 0. The molecule has 2 aromatic rings. The van der Waals surface area contributed by atoms with Gasteiger partial charge in [0.2, 0.25) is 5.91 Å². The predicted molar refractivity (Wildman–Crippen MR) is 77.9 cm³/mol. The van der Waals surface area contributed by atoms with Crippen LogP contribution in [-0.4, -0.2) is 13.0 Å². The molecule has 1 heterocycles. The monoisotopic (exact) mass is 276 g/mol. The van der Waals surface area contributed by atoms with Gasteiger partial charge in [-0.3, -0.25) is 4.79 Å². The first-order valence-corrected chi connectivity index (χ1v) is 6.74. The third-order valence-electron chi connectivity index (χ3n) is 2.75. The van der Waals surface area contributed by atoms with Gasteiger partial charge in [-0.2, -0.15) is 0 Å². The number of nitrogens with two attached hydrogens (primary N) is 1. The fourth-order valence-electron chi connectivity index (χ4n) is 1.74. The first kappa shape index (κ1) is 13.4. The van der Waals surface area contributed by atoms with Gasteiger partial charge in [-0.1, -0.05) is 6.07 Å². The molecule has 0 aliphatic carbocycles. The maximum absolute atomic E-state index is 11.0. The Morgan fingerprint density at radius 2 is 2.21 bits per heavy atom. The van der Waals surface area contributed by atoms with Crippen molar-refractivity contribution < 1.29 is 9.53 Å². The summed E-state index contributed by atoms with van der Waals surface area (Å²) in [6.45, 7) is 2.67. The zero-order valence-electron chi connectivity index (χ0n) is 10.9. The largest absolute Gasteiger partial charge is 0.495 e. The van der Waals surface area contributed by atoms with Crippen molar-refractivity contribution in [2.75, 3.05) is 12.4 Å². The minimum Gasteiger partial charge on any atom is -0.495 e. The molecule has 100 valence electrons. The van der Waals surface area contributed by atoms with Crippen LogP contribution in [0.2, 0.25) is 0 Å². The van der Waals surface area contributed by atoms with Gasteiger partial charge in [0, 0.05) is 16.8 Å². The van der Waals surface area contributed by atoms with Crippen LogP contribution in [0, 0.1) is 6.92 Å². The molecular formula is C14H16N2O2S. The van der Waals surface area contributed by atoms with Crippen LogP contribution in [0.3, 0.4) is 0 Å². The fourth-order valence-corrected chi connectivity index (χ4v) is 2.56. The normalized spacial score (nSPS) is 10.2. The Kier molecular flexibility index (Phi) is 4.06. The van der Waals surface area contributed by atoms with Crippen molar-refractivity contribution in [3.05, 3.63) is 45.6 Å². The molecule has 1 aromatic heterocycles. The highest BCUT2D eigenvalue weighted by Gasteiger charge is 2.06. The molecule has 19 heavy (non-hydrogen) atoms. The van der Waals surface area contributed by atoms with Gasteiger partial charge in [-0.05, 0) is 30.7 Å². The van der Waals surface area contributed by atoms with Gasteiger partial charge < -0.3 is 15.8 Å².